The lowest BCUT2D eigenvalue weighted by molar-refractivity contribution is 0.403. The number of rotatable bonds is 3. The molecule has 2 aromatic rings. The Labute approximate surface area is 113 Å². The standard InChI is InChI=1S/C15H20N4/c1-19(10-12-6-4-5-9-16-12)15-13-7-2-3-8-14(13)17-11-18-15/h2-3,7-8,11-12,16H,4-6,9-10H2,1H3. The molecule has 1 N–H and O–H groups in total. The number of anilines is 1. The Morgan fingerprint density at radius 1 is 1.26 bits per heavy atom. The predicted molar refractivity (Wildman–Crippen MR) is 78.4 cm³/mol. The van der Waals surface area contributed by atoms with Gasteiger partial charge in [-0.2, -0.15) is 0 Å². The fourth-order valence-electron chi connectivity index (χ4n) is 2.79. The first-order valence-corrected chi connectivity index (χ1v) is 6.99. The second-order valence-electron chi connectivity index (χ2n) is 5.24. The Kier molecular flexibility index (Phi) is 3.60. The van der Waals surface area contributed by atoms with Gasteiger partial charge in [-0.05, 0) is 31.5 Å². The van der Waals surface area contributed by atoms with E-state index in [0.717, 1.165) is 29.8 Å². The van der Waals surface area contributed by atoms with E-state index in [-0.39, 0.29) is 0 Å². The Hall–Kier alpha value is -1.68. The van der Waals surface area contributed by atoms with Crippen LogP contribution in [-0.2, 0) is 0 Å². The molecule has 1 aromatic heterocycles. The second kappa shape index (κ2) is 5.53. The van der Waals surface area contributed by atoms with Gasteiger partial charge in [0.2, 0.25) is 0 Å². The summed E-state index contributed by atoms with van der Waals surface area (Å²) in [6.07, 6.45) is 5.54. The fraction of sp³-hybridized carbons (Fsp3) is 0.467. The van der Waals surface area contributed by atoms with Crippen molar-refractivity contribution < 1.29 is 0 Å². The number of hydrogen-bond donors (Lipinski definition) is 1. The quantitative estimate of drug-likeness (QED) is 0.914. The van der Waals surface area contributed by atoms with Gasteiger partial charge in [0, 0.05) is 25.0 Å². The maximum Gasteiger partial charge on any atom is 0.139 e. The zero-order valence-corrected chi connectivity index (χ0v) is 11.3. The van der Waals surface area contributed by atoms with Crippen LogP contribution in [0.25, 0.3) is 10.9 Å². The molecule has 0 saturated carbocycles. The number of nitrogens with zero attached hydrogens (tertiary/aromatic N) is 3. The topological polar surface area (TPSA) is 41.0 Å². The molecule has 1 unspecified atom stereocenters. The molecule has 0 bridgehead atoms. The molecule has 4 heteroatoms. The van der Waals surface area contributed by atoms with Crippen molar-refractivity contribution in [2.24, 2.45) is 0 Å². The summed E-state index contributed by atoms with van der Waals surface area (Å²) in [6, 6.07) is 8.76. The van der Waals surface area contributed by atoms with E-state index in [4.69, 9.17) is 0 Å². The first kappa shape index (κ1) is 12.4. The van der Waals surface area contributed by atoms with Gasteiger partial charge < -0.3 is 10.2 Å². The Balaban J connectivity index is 1.82. The van der Waals surface area contributed by atoms with E-state index in [9.17, 15) is 0 Å². The molecule has 2 heterocycles. The van der Waals surface area contributed by atoms with Crippen molar-refractivity contribution in [2.75, 3.05) is 25.0 Å². The number of likely N-dealkylation sites (N-methyl/N-ethyl adjacent to an activating group) is 1. The third kappa shape index (κ3) is 2.68. The van der Waals surface area contributed by atoms with Crippen molar-refractivity contribution >= 4 is 16.7 Å². The zero-order valence-electron chi connectivity index (χ0n) is 11.3. The minimum Gasteiger partial charge on any atom is -0.358 e. The smallest absolute Gasteiger partial charge is 0.139 e. The maximum absolute atomic E-state index is 4.46. The molecule has 1 aliphatic heterocycles. The lowest BCUT2D eigenvalue weighted by atomic mass is 10.0. The van der Waals surface area contributed by atoms with E-state index in [0.29, 0.717) is 6.04 Å². The molecule has 1 saturated heterocycles. The molecule has 3 rings (SSSR count). The molecule has 19 heavy (non-hydrogen) atoms. The van der Waals surface area contributed by atoms with E-state index in [1.54, 1.807) is 6.33 Å². The summed E-state index contributed by atoms with van der Waals surface area (Å²) in [5.74, 6) is 1.03. The third-order valence-electron chi connectivity index (χ3n) is 3.79. The zero-order chi connectivity index (χ0) is 13.1. The van der Waals surface area contributed by atoms with Crippen LogP contribution in [0.2, 0.25) is 0 Å². The Morgan fingerprint density at radius 2 is 2.16 bits per heavy atom. The van der Waals surface area contributed by atoms with Crippen LogP contribution in [0.5, 0.6) is 0 Å². The number of hydrogen-bond acceptors (Lipinski definition) is 4. The van der Waals surface area contributed by atoms with Gasteiger partial charge in [0.25, 0.3) is 0 Å². The third-order valence-corrected chi connectivity index (χ3v) is 3.79. The molecular formula is C15H20N4. The van der Waals surface area contributed by atoms with Crippen LogP contribution in [0.1, 0.15) is 19.3 Å². The molecular weight excluding hydrogens is 236 g/mol. The van der Waals surface area contributed by atoms with Crippen LogP contribution < -0.4 is 10.2 Å². The van der Waals surface area contributed by atoms with Crippen molar-refractivity contribution in [3.63, 3.8) is 0 Å². The summed E-state index contributed by atoms with van der Waals surface area (Å²) >= 11 is 0. The average molecular weight is 256 g/mol. The van der Waals surface area contributed by atoms with Gasteiger partial charge in [-0.3, -0.25) is 0 Å². The Morgan fingerprint density at radius 3 is 3.00 bits per heavy atom. The molecule has 0 amide bonds. The molecule has 4 nitrogen and oxygen atoms in total. The second-order valence-corrected chi connectivity index (χ2v) is 5.24. The van der Waals surface area contributed by atoms with Crippen molar-refractivity contribution in [3.05, 3.63) is 30.6 Å². The summed E-state index contributed by atoms with van der Waals surface area (Å²) in [4.78, 5) is 11.0. The van der Waals surface area contributed by atoms with E-state index in [1.165, 1.54) is 19.3 Å². The highest BCUT2D eigenvalue weighted by molar-refractivity contribution is 5.89. The van der Waals surface area contributed by atoms with E-state index < -0.39 is 0 Å². The highest BCUT2D eigenvalue weighted by atomic mass is 15.2. The van der Waals surface area contributed by atoms with Gasteiger partial charge in [-0.1, -0.05) is 18.6 Å². The first-order chi connectivity index (χ1) is 9.34. The van der Waals surface area contributed by atoms with Crippen molar-refractivity contribution in [3.8, 4) is 0 Å². The SMILES string of the molecule is CN(CC1CCCCN1)c1ncnc2ccccc12. The average Bonchev–Trinajstić information content (AvgIpc) is 2.47. The largest absolute Gasteiger partial charge is 0.358 e. The van der Waals surface area contributed by atoms with Crippen LogP contribution in [0.3, 0.4) is 0 Å². The minimum absolute atomic E-state index is 0.576. The molecule has 0 radical (unpaired) electrons. The predicted octanol–water partition coefficient (Wildman–Crippen LogP) is 2.21. The fourth-order valence-corrected chi connectivity index (χ4v) is 2.79. The molecule has 0 aliphatic carbocycles. The number of fused-ring (bicyclic) bond motifs is 1. The summed E-state index contributed by atoms with van der Waals surface area (Å²) in [6.45, 7) is 2.14. The number of nitrogens with one attached hydrogen (secondary N) is 1. The number of piperidine rings is 1. The van der Waals surface area contributed by atoms with Gasteiger partial charge in [-0.15, -0.1) is 0 Å². The highest BCUT2D eigenvalue weighted by Gasteiger charge is 2.16. The Bertz CT molecular complexity index is 543. The van der Waals surface area contributed by atoms with Gasteiger partial charge >= 0.3 is 0 Å². The summed E-state index contributed by atoms with van der Waals surface area (Å²) < 4.78 is 0. The van der Waals surface area contributed by atoms with Crippen molar-refractivity contribution in [1.82, 2.24) is 15.3 Å². The highest BCUT2D eigenvalue weighted by Crippen LogP contribution is 2.22. The molecule has 1 fully saturated rings. The molecule has 1 aliphatic rings. The minimum atomic E-state index is 0.576. The van der Waals surface area contributed by atoms with Gasteiger partial charge in [-0.25, -0.2) is 9.97 Å². The first-order valence-electron chi connectivity index (χ1n) is 6.99. The molecule has 1 aromatic carbocycles. The van der Waals surface area contributed by atoms with Crippen LogP contribution in [0.4, 0.5) is 5.82 Å². The number of benzene rings is 1. The van der Waals surface area contributed by atoms with Crippen LogP contribution in [0, 0.1) is 0 Å². The normalized spacial score (nSPS) is 19.5. The lowest BCUT2D eigenvalue weighted by Gasteiger charge is -2.29. The van der Waals surface area contributed by atoms with Crippen LogP contribution in [0.15, 0.2) is 30.6 Å². The summed E-state index contributed by atoms with van der Waals surface area (Å²) in [7, 11) is 2.12. The molecule has 0 spiro atoms. The van der Waals surface area contributed by atoms with Crippen LogP contribution >= 0.6 is 0 Å². The van der Waals surface area contributed by atoms with Gasteiger partial charge in [0.15, 0.2) is 0 Å². The lowest BCUT2D eigenvalue weighted by Crippen LogP contribution is -2.42. The van der Waals surface area contributed by atoms with Gasteiger partial charge in [0.1, 0.15) is 12.1 Å². The van der Waals surface area contributed by atoms with E-state index in [1.807, 2.05) is 18.2 Å². The summed E-state index contributed by atoms with van der Waals surface area (Å²) in [5, 5.41) is 4.71. The number of aromatic nitrogens is 2. The van der Waals surface area contributed by atoms with Crippen molar-refractivity contribution in [1.29, 1.82) is 0 Å². The molecule has 1 atom stereocenters. The number of para-hydroxylation sites is 1. The van der Waals surface area contributed by atoms with Gasteiger partial charge in [0.05, 0.1) is 5.52 Å². The maximum atomic E-state index is 4.46. The summed E-state index contributed by atoms with van der Waals surface area (Å²) in [5.41, 5.74) is 1.01. The van der Waals surface area contributed by atoms with Crippen LogP contribution in [-0.4, -0.2) is 36.1 Å². The van der Waals surface area contributed by atoms with Crippen molar-refractivity contribution in [2.45, 2.75) is 25.3 Å². The molecule has 100 valence electrons. The van der Waals surface area contributed by atoms with E-state index in [2.05, 4.69) is 33.3 Å². The monoisotopic (exact) mass is 256 g/mol. The van der Waals surface area contributed by atoms with E-state index >= 15 is 0 Å².